The van der Waals surface area contributed by atoms with Crippen LogP contribution < -0.4 is 16.0 Å². The number of imide groups is 1. The van der Waals surface area contributed by atoms with Crippen LogP contribution in [-0.2, 0) is 11.2 Å². The van der Waals surface area contributed by atoms with E-state index in [1.165, 1.54) is 5.56 Å². The zero-order valence-corrected chi connectivity index (χ0v) is 18.7. The molecule has 0 bridgehead atoms. The van der Waals surface area contributed by atoms with Crippen LogP contribution in [0.4, 0.5) is 4.79 Å². The predicted octanol–water partition coefficient (Wildman–Crippen LogP) is 1.52. The molecular formula is C19H29IN6O2. The second kappa shape index (κ2) is 10.0. The van der Waals surface area contributed by atoms with Gasteiger partial charge in [-0.1, -0.05) is 0 Å². The van der Waals surface area contributed by atoms with Crippen molar-refractivity contribution < 1.29 is 9.59 Å². The predicted molar refractivity (Wildman–Crippen MR) is 119 cm³/mol. The number of likely N-dealkylation sites (tertiary alicyclic amines) is 1. The number of guanidine groups is 1. The van der Waals surface area contributed by atoms with Crippen molar-refractivity contribution in [2.75, 3.05) is 26.2 Å². The van der Waals surface area contributed by atoms with E-state index in [1.807, 2.05) is 19.1 Å². The molecule has 3 heterocycles. The van der Waals surface area contributed by atoms with Gasteiger partial charge in [0, 0.05) is 38.6 Å². The Kier molecular flexibility index (Phi) is 8.02. The van der Waals surface area contributed by atoms with Gasteiger partial charge < -0.3 is 15.5 Å². The average molecular weight is 500 g/mol. The summed E-state index contributed by atoms with van der Waals surface area (Å²) in [6, 6.07) is 3.63. The van der Waals surface area contributed by atoms with Gasteiger partial charge in [0.05, 0.1) is 0 Å². The van der Waals surface area contributed by atoms with Crippen molar-refractivity contribution in [1.82, 2.24) is 25.8 Å². The molecule has 28 heavy (non-hydrogen) atoms. The monoisotopic (exact) mass is 500 g/mol. The lowest BCUT2D eigenvalue weighted by atomic mass is 9.79. The van der Waals surface area contributed by atoms with Crippen LogP contribution in [0, 0.1) is 5.92 Å². The number of piperidine rings is 1. The molecular weight excluding hydrogens is 471 g/mol. The topological polar surface area (TPSA) is 98.7 Å². The summed E-state index contributed by atoms with van der Waals surface area (Å²) in [5.41, 5.74) is 0.416. The standard InChI is InChI=1S/C19H28N6O2.HI/c1-3-21-17(22-11-6-14-4-9-20-10-5-14)25-12-7-15(8-13-25)19(2)16(26)23-18(27)24-19;/h4-5,9-10,15H,3,6-8,11-13H2,1-2H3,(H,21,22)(H2,23,24,26,27);1H. The van der Waals surface area contributed by atoms with Crippen molar-refractivity contribution in [3.05, 3.63) is 30.1 Å². The van der Waals surface area contributed by atoms with Crippen molar-refractivity contribution in [2.24, 2.45) is 10.9 Å². The lowest BCUT2D eigenvalue weighted by Gasteiger charge is -2.39. The van der Waals surface area contributed by atoms with Gasteiger partial charge in [-0.15, -0.1) is 24.0 Å². The number of nitrogens with one attached hydrogen (secondary N) is 3. The van der Waals surface area contributed by atoms with E-state index in [0.717, 1.165) is 44.9 Å². The van der Waals surface area contributed by atoms with Gasteiger partial charge in [-0.05, 0) is 56.7 Å². The van der Waals surface area contributed by atoms with Gasteiger partial charge in [-0.3, -0.25) is 20.1 Å². The molecule has 8 nitrogen and oxygen atoms in total. The lowest BCUT2D eigenvalue weighted by molar-refractivity contribution is -0.125. The van der Waals surface area contributed by atoms with Crippen LogP contribution in [-0.4, -0.2) is 59.5 Å². The molecule has 0 spiro atoms. The van der Waals surface area contributed by atoms with Gasteiger partial charge in [-0.2, -0.15) is 0 Å². The van der Waals surface area contributed by atoms with Crippen molar-refractivity contribution in [3.8, 4) is 0 Å². The molecule has 0 aliphatic carbocycles. The Hall–Kier alpha value is -1.91. The van der Waals surface area contributed by atoms with Crippen molar-refractivity contribution in [1.29, 1.82) is 0 Å². The molecule has 0 saturated carbocycles. The zero-order valence-electron chi connectivity index (χ0n) is 16.4. The van der Waals surface area contributed by atoms with Crippen LogP contribution in [0.3, 0.4) is 0 Å². The van der Waals surface area contributed by atoms with Crippen LogP contribution in [0.15, 0.2) is 29.5 Å². The number of amides is 3. The Labute approximate surface area is 183 Å². The first kappa shape index (κ1) is 22.4. The first-order valence-electron chi connectivity index (χ1n) is 9.58. The number of aromatic nitrogens is 1. The van der Waals surface area contributed by atoms with Crippen LogP contribution in [0.2, 0.25) is 0 Å². The second-order valence-electron chi connectivity index (χ2n) is 7.21. The molecule has 2 aliphatic rings. The summed E-state index contributed by atoms with van der Waals surface area (Å²) >= 11 is 0. The number of rotatable bonds is 5. The van der Waals surface area contributed by atoms with E-state index in [9.17, 15) is 9.59 Å². The number of pyridine rings is 1. The van der Waals surface area contributed by atoms with Crippen LogP contribution in [0.25, 0.3) is 0 Å². The maximum atomic E-state index is 12.2. The Morgan fingerprint density at radius 1 is 1.32 bits per heavy atom. The molecule has 3 rings (SSSR count). The maximum absolute atomic E-state index is 12.2. The third-order valence-electron chi connectivity index (χ3n) is 5.43. The number of aliphatic imine (C=N–C) groups is 1. The van der Waals surface area contributed by atoms with Crippen LogP contribution in [0.5, 0.6) is 0 Å². The number of carbonyl (C=O) groups excluding carboxylic acids is 2. The Morgan fingerprint density at radius 3 is 2.57 bits per heavy atom. The Morgan fingerprint density at radius 2 is 2.00 bits per heavy atom. The van der Waals surface area contributed by atoms with Gasteiger partial charge in [0.25, 0.3) is 5.91 Å². The molecule has 1 atom stereocenters. The first-order chi connectivity index (χ1) is 13.0. The fourth-order valence-electron chi connectivity index (χ4n) is 3.78. The largest absolute Gasteiger partial charge is 0.357 e. The first-order valence-corrected chi connectivity index (χ1v) is 9.58. The molecule has 1 aromatic heterocycles. The minimum Gasteiger partial charge on any atom is -0.357 e. The minimum atomic E-state index is -0.806. The zero-order chi connectivity index (χ0) is 19.3. The van der Waals surface area contributed by atoms with Gasteiger partial charge in [0.1, 0.15) is 5.54 Å². The highest BCUT2D eigenvalue weighted by Gasteiger charge is 2.48. The quantitative estimate of drug-likeness (QED) is 0.247. The van der Waals surface area contributed by atoms with E-state index in [-0.39, 0.29) is 35.8 Å². The second-order valence-corrected chi connectivity index (χ2v) is 7.21. The van der Waals surface area contributed by atoms with Crippen molar-refractivity contribution in [2.45, 2.75) is 38.6 Å². The SMILES string of the molecule is CCNC(=NCCc1ccncc1)N1CCC(C2(C)NC(=O)NC2=O)CC1.I. The fourth-order valence-corrected chi connectivity index (χ4v) is 3.78. The molecule has 2 aliphatic heterocycles. The number of nitrogens with zero attached hydrogens (tertiary/aromatic N) is 3. The number of hydrogen-bond acceptors (Lipinski definition) is 4. The van der Waals surface area contributed by atoms with Gasteiger partial charge in [0.2, 0.25) is 0 Å². The molecule has 9 heteroatoms. The molecule has 2 fully saturated rings. The number of carbonyl (C=O) groups is 2. The third kappa shape index (κ3) is 5.12. The van der Waals surface area contributed by atoms with E-state index < -0.39 is 11.6 Å². The maximum Gasteiger partial charge on any atom is 0.322 e. The molecule has 2 saturated heterocycles. The van der Waals surface area contributed by atoms with Crippen molar-refractivity contribution in [3.63, 3.8) is 0 Å². The summed E-state index contributed by atoms with van der Waals surface area (Å²) in [5.74, 6) is 0.818. The van der Waals surface area contributed by atoms with Gasteiger partial charge >= 0.3 is 6.03 Å². The molecule has 1 unspecified atom stereocenters. The van der Waals surface area contributed by atoms with Gasteiger partial charge in [0.15, 0.2) is 5.96 Å². The molecule has 0 radical (unpaired) electrons. The molecule has 0 aromatic carbocycles. The lowest BCUT2D eigenvalue weighted by Crippen LogP contribution is -2.55. The summed E-state index contributed by atoms with van der Waals surface area (Å²) in [4.78, 5) is 34.7. The van der Waals surface area contributed by atoms with E-state index >= 15 is 0 Å². The van der Waals surface area contributed by atoms with E-state index in [4.69, 9.17) is 4.99 Å². The van der Waals surface area contributed by atoms with E-state index in [1.54, 1.807) is 12.4 Å². The van der Waals surface area contributed by atoms with Gasteiger partial charge in [-0.25, -0.2) is 4.79 Å². The Balaban J connectivity index is 0.00000280. The van der Waals surface area contributed by atoms with E-state index in [2.05, 4.69) is 32.8 Å². The summed E-state index contributed by atoms with van der Waals surface area (Å²) in [5, 5.41) is 8.52. The fraction of sp³-hybridized carbons (Fsp3) is 0.579. The summed E-state index contributed by atoms with van der Waals surface area (Å²) in [6.45, 7) is 7.02. The Bertz CT molecular complexity index is 706. The number of hydrogen-bond donors (Lipinski definition) is 3. The van der Waals surface area contributed by atoms with Crippen molar-refractivity contribution >= 4 is 41.9 Å². The molecule has 1 aromatic rings. The highest BCUT2D eigenvalue weighted by molar-refractivity contribution is 14.0. The smallest absolute Gasteiger partial charge is 0.322 e. The normalized spacial score (nSPS) is 23.1. The molecule has 3 amide bonds. The highest BCUT2D eigenvalue weighted by Crippen LogP contribution is 2.30. The van der Waals surface area contributed by atoms with E-state index in [0.29, 0.717) is 6.54 Å². The number of halogens is 1. The van der Waals surface area contributed by atoms with Crippen LogP contribution >= 0.6 is 24.0 Å². The summed E-state index contributed by atoms with van der Waals surface area (Å²) < 4.78 is 0. The highest BCUT2D eigenvalue weighted by atomic mass is 127. The molecule has 3 N–H and O–H groups in total. The minimum absolute atomic E-state index is 0. The molecule has 154 valence electrons. The van der Waals surface area contributed by atoms with Crippen LogP contribution in [0.1, 0.15) is 32.3 Å². The summed E-state index contributed by atoms with van der Waals surface area (Å²) in [6.07, 6.45) is 6.14. The summed E-state index contributed by atoms with van der Waals surface area (Å²) in [7, 11) is 0. The average Bonchev–Trinajstić information content (AvgIpc) is 2.95. The number of urea groups is 1. The third-order valence-corrected chi connectivity index (χ3v) is 5.43.